The van der Waals surface area contributed by atoms with E-state index in [0.717, 1.165) is 32.4 Å². The van der Waals surface area contributed by atoms with Gasteiger partial charge < -0.3 is 16.0 Å². The number of hydrogen-bond donors (Lipinski definition) is 2. The molecular formula is C17H37N3O. The molecule has 0 heterocycles. The normalized spacial score (nSPS) is 14.5. The van der Waals surface area contributed by atoms with Crippen LogP contribution in [0.2, 0.25) is 0 Å². The van der Waals surface area contributed by atoms with Crippen LogP contribution >= 0.6 is 0 Å². The van der Waals surface area contributed by atoms with Crippen LogP contribution in [0, 0.1) is 11.8 Å². The number of nitrogens with zero attached hydrogens (tertiary/aromatic N) is 1. The Labute approximate surface area is 131 Å². The Kier molecular flexibility index (Phi) is 11.6. The zero-order valence-electron chi connectivity index (χ0n) is 14.8. The zero-order chi connectivity index (χ0) is 16.3. The standard InChI is InChI=1S/C17H37N3O/c1-6-7-15(10-11-18)8-9-17(21)19-16(12-14(2)3)13-20(4)5/h14-16H,6-13,18H2,1-5H3,(H,19,21). The molecule has 0 bridgehead atoms. The lowest BCUT2D eigenvalue weighted by atomic mass is 9.94. The van der Waals surface area contributed by atoms with Crippen molar-refractivity contribution >= 4 is 5.91 Å². The van der Waals surface area contributed by atoms with Gasteiger partial charge in [0, 0.05) is 19.0 Å². The summed E-state index contributed by atoms with van der Waals surface area (Å²) in [6.45, 7) is 8.23. The van der Waals surface area contributed by atoms with Crippen LogP contribution in [0.5, 0.6) is 0 Å². The maximum atomic E-state index is 12.2. The van der Waals surface area contributed by atoms with Crippen LogP contribution in [0.15, 0.2) is 0 Å². The van der Waals surface area contributed by atoms with Crippen molar-refractivity contribution in [2.45, 2.75) is 65.3 Å². The van der Waals surface area contributed by atoms with Gasteiger partial charge in [0.25, 0.3) is 0 Å². The van der Waals surface area contributed by atoms with E-state index in [1.165, 1.54) is 12.8 Å². The highest BCUT2D eigenvalue weighted by Crippen LogP contribution is 2.17. The van der Waals surface area contributed by atoms with Crippen molar-refractivity contribution < 1.29 is 4.79 Å². The maximum Gasteiger partial charge on any atom is 0.220 e. The summed E-state index contributed by atoms with van der Waals surface area (Å²) in [4.78, 5) is 14.3. The third-order valence-corrected chi connectivity index (χ3v) is 3.76. The summed E-state index contributed by atoms with van der Waals surface area (Å²) in [5.74, 6) is 1.39. The molecule has 3 N–H and O–H groups in total. The van der Waals surface area contributed by atoms with Crippen molar-refractivity contribution in [2.24, 2.45) is 17.6 Å². The Balaban J connectivity index is 4.21. The molecule has 21 heavy (non-hydrogen) atoms. The number of nitrogens with one attached hydrogen (secondary N) is 1. The van der Waals surface area contributed by atoms with E-state index in [1.54, 1.807) is 0 Å². The van der Waals surface area contributed by atoms with Gasteiger partial charge in [-0.2, -0.15) is 0 Å². The van der Waals surface area contributed by atoms with Crippen LogP contribution in [0.1, 0.15) is 59.3 Å². The molecule has 0 fully saturated rings. The number of likely N-dealkylation sites (N-methyl/N-ethyl adjacent to an activating group) is 1. The van der Waals surface area contributed by atoms with Crippen LogP contribution in [-0.2, 0) is 4.79 Å². The van der Waals surface area contributed by atoms with Gasteiger partial charge in [0.15, 0.2) is 0 Å². The molecule has 0 radical (unpaired) electrons. The van der Waals surface area contributed by atoms with Crippen molar-refractivity contribution in [1.29, 1.82) is 0 Å². The third-order valence-electron chi connectivity index (χ3n) is 3.76. The SMILES string of the molecule is CCCC(CCN)CCC(=O)NC(CC(C)C)CN(C)C. The monoisotopic (exact) mass is 299 g/mol. The minimum absolute atomic E-state index is 0.195. The van der Waals surface area contributed by atoms with Crippen LogP contribution in [0.4, 0.5) is 0 Å². The summed E-state index contributed by atoms with van der Waals surface area (Å²) in [5.41, 5.74) is 5.65. The first kappa shape index (κ1) is 20.4. The molecule has 0 saturated heterocycles. The predicted molar refractivity (Wildman–Crippen MR) is 91.2 cm³/mol. The lowest BCUT2D eigenvalue weighted by Gasteiger charge is -2.24. The van der Waals surface area contributed by atoms with Gasteiger partial charge in [0.2, 0.25) is 5.91 Å². The van der Waals surface area contributed by atoms with Gasteiger partial charge in [-0.05, 0) is 51.7 Å². The second kappa shape index (κ2) is 12.0. The second-order valence-electron chi connectivity index (χ2n) is 6.93. The molecule has 0 aromatic heterocycles. The fraction of sp³-hybridized carbons (Fsp3) is 0.941. The molecule has 4 nitrogen and oxygen atoms in total. The molecule has 0 aliphatic carbocycles. The number of carbonyl (C=O) groups excluding carboxylic acids is 1. The summed E-state index contributed by atoms with van der Waals surface area (Å²) in [6, 6.07) is 0.256. The molecule has 0 aliphatic heterocycles. The molecule has 126 valence electrons. The van der Waals surface area contributed by atoms with Gasteiger partial charge in [0.05, 0.1) is 0 Å². The van der Waals surface area contributed by atoms with Crippen molar-refractivity contribution in [2.75, 3.05) is 27.2 Å². The summed E-state index contributed by atoms with van der Waals surface area (Å²) in [6.07, 6.45) is 6.01. The molecule has 0 aromatic rings. The van der Waals surface area contributed by atoms with Gasteiger partial charge in [-0.25, -0.2) is 0 Å². The topological polar surface area (TPSA) is 58.4 Å². The number of carbonyl (C=O) groups is 1. The largest absolute Gasteiger partial charge is 0.352 e. The molecule has 4 heteroatoms. The Morgan fingerprint density at radius 1 is 1.19 bits per heavy atom. The summed E-state index contributed by atoms with van der Waals surface area (Å²) >= 11 is 0. The molecular weight excluding hydrogens is 262 g/mol. The van der Waals surface area contributed by atoms with Gasteiger partial charge >= 0.3 is 0 Å². The maximum absolute atomic E-state index is 12.2. The number of hydrogen-bond acceptors (Lipinski definition) is 3. The minimum atomic E-state index is 0.195. The molecule has 2 unspecified atom stereocenters. The zero-order valence-corrected chi connectivity index (χ0v) is 14.8. The van der Waals surface area contributed by atoms with Crippen molar-refractivity contribution in [1.82, 2.24) is 10.2 Å². The van der Waals surface area contributed by atoms with E-state index in [0.29, 0.717) is 18.3 Å². The van der Waals surface area contributed by atoms with Crippen LogP contribution in [-0.4, -0.2) is 44.0 Å². The van der Waals surface area contributed by atoms with E-state index >= 15 is 0 Å². The fourth-order valence-corrected chi connectivity index (χ4v) is 2.90. The molecule has 0 rings (SSSR count). The van der Waals surface area contributed by atoms with E-state index in [1.807, 2.05) is 0 Å². The molecule has 0 spiro atoms. The molecule has 0 aromatic carbocycles. The highest BCUT2D eigenvalue weighted by atomic mass is 16.1. The average molecular weight is 300 g/mol. The number of rotatable bonds is 12. The fourth-order valence-electron chi connectivity index (χ4n) is 2.90. The van der Waals surface area contributed by atoms with Crippen molar-refractivity contribution in [3.05, 3.63) is 0 Å². The lowest BCUT2D eigenvalue weighted by molar-refractivity contribution is -0.122. The van der Waals surface area contributed by atoms with E-state index in [4.69, 9.17) is 5.73 Å². The van der Waals surface area contributed by atoms with Crippen LogP contribution in [0.25, 0.3) is 0 Å². The predicted octanol–water partition coefficient (Wildman–Crippen LogP) is 2.62. The summed E-state index contributed by atoms with van der Waals surface area (Å²) in [5, 5.41) is 3.21. The smallest absolute Gasteiger partial charge is 0.220 e. The first-order valence-electron chi connectivity index (χ1n) is 8.53. The Bertz CT molecular complexity index is 251. The van der Waals surface area contributed by atoms with Crippen molar-refractivity contribution in [3.8, 4) is 0 Å². The highest BCUT2D eigenvalue weighted by Gasteiger charge is 2.16. The average Bonchev–Trinajstić information content (AvgIpc) is 2.34. The van der Waals surface area contributed by atoms with E-state index in [-0.39, 0.29) is 11.9 Å². The molecule has 1 amide bonds. The Morgan fingerprint density at radius 3 is 2.33 bits per heavy atom. The lowest BCUT2D eigenvalue weighted by Crippen LogP contribution is -2.42. The Hall–Kier alpha value is -0.610. The van der Waals surface area contributed by atoms with Crippen molar-refractivity contribution in [3.63, 3.8) is 0 Å². The first-order chi connectivity index (χ1) is 9.88. The summed E-state index contributed by atoms with van der Waals surface area (Å²) < 4.78 is 0. The quantitative estimate of drug-likeness (QED) is 0.582. The number of amides is 1. The van der Waals surface area contributed by atoms with Gasteiger partial charge in [0.1, 0.15) is 0 Å². The second-order valence-corrected chi connectivity index (χ2v) is 6.93. The highest BCUT2D eigenvalue weighted by molar-refractivity contribution is 5.76. The van der Waals surface area contributed by atoms with Gasteiger partial charge in [-0.1, -0.05) is 33.6 Å². The molecule has 2 atom stereocenters. The van der Waals surface area contributed by atoms with Crippen LogP contribution < -0.4 is 11.1 Å². The minimum Gasteiger partial charge on any atom is -0.352 e. The summed E-state index contributed by atoms with van der Waals surface area (Å²) in [7, 11) is 4.11. The van der Waals surface area contributed by atoms with Gasteiger partial charge in [-0.15, -0.1) is 0 Å². The van der Waals surface area contributed by atoms with E-state index < -0.39 is 0 Å². The third kappa shape index (κ3) is 11.7. The molecule has 0 aliphatic rings. The molecule has 0 saturated carbocycles. The van der Waals surface area contributed by atoms with E-state index in [9.17, 15) is 4.79 Å². The Morgan fingerprint density at radius 2 is 1.86 bits per heavy atom. The van der Waals surface area contributed by atoms with Gasteiger partial charge in [-0.3, -0.25) is 4.79 Å². The first-order valence-corrected chi connectivity index (χ1v) is 8.53. The number of nitrogens with two attached hydrogens (primary N) is 1. The van der Waals surface area contributed by atoms with Crippen LogP contribution in [0.3, 0.4) is 0 Å². The van der Waals surface area contributed by atoms with E-state index in [2.05, 4.69) is 45.1 Å².